The second kappa shape index (κ2) is 6.95. The molecule has 7 rings (SSSR count). The van der Waals surface area contributed by atoms with E-state index in [0.717, 1.165) is 12.0 Å². The van der Waals surface area contributed by atoms with Crippen LogP contribution in [-0.4, -0.2) is 53.0 Å². The molecule has 4 atom stereocenters. The highest BCUT2D eigenvalue weighted by atomic mass is 33.1. The van der Waals surface area contributed by atoms with Gasteiger partial charge in [-0.2, -0.15) is 0 Å². The van der Waals surface area contributed by atoms with Crippen LogP contribution in [-0.2, 0) is 25.0 Å². The molecular weight excluding hydrogens is 490 g/mol. The predicted octanol–water partition coefficient (Wildman–Crippen LogP) is 3.77. The zero-order chi connectivity index (χ0) is 24.1. The lowest BCUT2D eigenvalue weighted by molar-refractivity contribution is -0.163. The summed E-state index contributed by atoms with van der Waals surface area (Å²) < 4.78 is 29.8. The topological polar surface area (TPSA) is 78.0 Å². The van der Waals surface area contributed by atoms with E-state index in [1.807, 2.05) is 24.3 Å². The molecule has 34 heavy (non-hydrogen) atoms. The maximum absolute atomic E-state index is 14.2. The van der Waals surface area contributed by atoms with Crippen molar-refractivity contribution in [1.82, 2.24) is 9.80 Å². The van der Waals surface area contributed by atoms with Gasteiger partial charge in [-0.1, -0.05) is 71.3 Å². The number of sulfonamides is 1. The first kappa shape index (κ1) is 22.3. The highest BCUT2D eigenvalue weighted by Gasteiger charge is 2.78. The van der Waals surface area contributed by atoms with Crippen LogP contribution >= 0.6 is 21.6 Å². The third kappa shape index (κ3) is 2.39. The lowest BCUT2D eigenvalue weighted by Crippen LogP contribution is -2.76. The van der Waals surface area contributed by atoms with Gasteiger partial charge in [0.05, 0.1) is 10.6 Å². The predicted molar refractivity (Wildman–Crippen MR) is 133 cm³/mol. The number of hydrogen-bond acceptors (Lipinski definition) is 6. The first-order valence-electron chi connectivity index (χ1n) is 11.3. The van der Waals surface area contributed by atoms with Crippen LogP contribution < -0.4 is 4.31 Å². The normalized spacial score (nSPS) is 33.9. The number of likely N-dealkylation sites (N-methyl/N-ethyl adjacent to an activating group) is 1. The van der Waals surface area contributed by atoms with Crippen molar-refractivity contribution in [2.24, 2.45) is 0 Å². The molecule has 2 aromatic rings. The lowest BCUT2D eigenvalue weighted by Gasteiger charge is -2.58. The van der Waals surface area contributed by atoms with Gasteiger partial charge in [-0.05, 0) is 37.1 Å². The van der Waals surface area contributed by atoms with Crippen molar-refractivity contribution >= 4 is 49.1 Å². The van der Waals surface area contributed by atoms with E-state index in [1.54, 1.807) is 54.1 Å². The van der Waals surface area contributed by atoms with Gasteiger partial charge in [-0.3, -0.25) is 14.5 Å². The summed E-state index contributed by atoms with van der Waals surface area (Å²) in [5, 5.41) is 0. The van der Waals surface area contributed by atoms with Gasteiger partial charge >= 0.3 is 0 Å². The Hall–Kier alpha value is -2.17. The van der Waals surface area contributed by atoms with Crippen molar-refractivity contribution in [2.75, 3.05) is 11.4 Å². The molecule has 10 heteroatoms. The van der Waals surface area contributed by atoms with Crippen molar-refractivity contribution in [3.05, 3.63) is 60.2 Å². The van der Waals surface area contributed by atoms with Crippen molar-refractivity contribution < 1.29 is 18.0 Å². The molecule has 1 spiro atoms. The fourth-order valence-corrected chi connectivity index (χ4v) is 11.5. The molecular formula is C24H25N3O4S3. The average molecular weight is 516 g/mol. The van der Waals surface area contributed by atoms with E-state index < -0.39 is 31.3 Å². The quantitative estimate of drug-likeness (QED) is 0.577. The Labute approximate surface area is 207 Å². The third-order valence-corrected chi connectivity index (χ3v) is 13.3. The molecule has 2 amide bonds. The molecule has 5 aliphatic rings. The molecule has 5 heterocycles. The summed E-state index contributed by atoms with van der Waals surface area (Å²) in [6.07, 6.45) is 1.05. The number of nitrogens with zero attached hydrogens (tertiary/aromatic N) is 3. The van der Waals surface area contributed by atoms with Gasteiger partial charge in [0.15, 0.2) is 9.74 Å². The van der Waals surface area contributed by atoms with E-state index in [1.165, 1.54) is 25.9 Å². The Morgan fingerprint density at radius 3 is 2.38 bits per heavy atom. The SMILES string of the molecule is CCC[C@]12C[C@@]34SS[C@](C)(C(=O)N3[C@H]1N(S(=O)(=O)c1ccccc1)c1ccccc12)N(C)C4=O. The van der Waals surface area contributed by atoms with Gasteiger partial charge in [0, 0.05) is 18.9 Å². The van der Waals surface area contributed by atoms with Gasteiger partial charge < -0.3 is 4.90 Å². The number of para-hydroxylation sites is 1. The number of hydrogen-bond donors (Lipinski definition) is 0. The van der Waals surface area contributed by atoms with Crippen LogP contribution in [0.2, 0.25) is 0 Å². The summed E-state index contributed by atoms with van der Waals surface area (Å²) in [4.78, 5) is 29.0. The van der Waals surface area contributed by atoms with E-state index in [2.05, 4.69) is 6.92 Å². The van der Waals surface area contributed by atoms with Crippen molar-refractivity contribution in [3.8, 4) is 0 Å². The van der Waals surface area contributed by atoms with Crippen molar-refractivity contribution in [2.45, 2.75) is 59.3 Å². The third-order valence-electron chi connectivity index (χ3n) is 7.82. The molecule has 0 aromatic heterocycles. The van der Waals surface area contributed by atoms with E-state index in [-0.39, 0.29) is 16.7 Å². The highest BCUT2D eigenvalue weighted by molar-refractivity contribution is 8.78. The van der Waals surface area contributed by atoms with Crippen LogP contribution in [0.3, 0.4) is 0 Å². The van der Waals surface area contributed by atoms with E-state index in [9.17, 15) is 18.0 Å². The van der Waals surface area contributed by atoms with Gasteiger partial charge in [0.2, 0.25) is 0 Å². The molecule has 0 saturated carbocycles. The van der Waals surface area contributed by atoms with Gasteiger partial charge in [-0.25, -0.2) is 12.7 Å². The summed E-state index contributed by atoms with van der Waals surface area (Å²) >= 11 is 0. The molecule has 7 nitrogen and oxygen atoms in total. The summed E-state index contributed by atoms with van der Waals surface area (Å²) in [7, 11) is 0.496. The molecule has 5 aliphatic heterocycles. The highest BCUT2D eigenvalue weighted by Crippen LogP contribution is 2.70. The molecule has 0 N–H and O–H groups in total. The molecule has 0 radical (unpaired) electrons. The first-order valence-corrected chi connectivity index (χ1v) is 14.9. The van der Waals surface area contributed by atoms with Crippen LogP contribution in [0.1, 0.15) is 38.7 Å². The number of carbonyl (C=O) groups is 2. The van der Waals surface area contributed by atoms with Gasteiger partial charge in [0.25, 0.3) is 21.8 Å². The lowest BCUT2D eigenvalue weighted by atomic mass is 9.74. The number of amides is 2. The summed E-state index contributed by atoms with van der Waals surface area (Å²) in [6.45, 7) is 3.82. The number of fused-ring (bicyclic) bond motifs is 5. The molecule has 4 fully saturated rings. The molecule has 2 bridgehead atoms. The Kier molecular flexibility index (Phi) is 4.56. The van der Waals surface area contributed by atoms with E-state index >= 15 is 0 Å². The molecule has 178 valence electrons. The van der Waals surface area contributed by atoms with Crippen LogP contribution in [0, 0.1) is 0 Å². The number of rotatable bonds is 4. The number of anilines is 1. The fourth-order valence-electron chi connectivity index (χ4n) is 6.22. The van der Waals surface area contributed by atoms with E-state index in [4.69, 9.17) is 0 Å². The van der Waals surface area contributed by atoms with Crippen molar-refractivity contribution in [3.63, 3.8) is 0 Å². The number of piperazine rings is 1. The zero-order valence-corrected chi connectivity index (χ0v) is 21.5. The Morgan fingerprint density at radius 2 is 1.68 bits per heavy atom. The minimum Gasteiger partial charge on any atom is -0.319 e. The maximum Gasteiger partial charge on any atom is 0.266 e. The largest absolute Gasteiger partial charge is 0.319 e. The standard InChI is InChI=1S/C24H25N3O4S3/c1-4-14-23-15-24-21(29)25(3)22(2,32-33-24)20(28)26(24)19(23)27(18-13-9-8-12-17(18)23)34(30,31)16-10-6-5-7-11-16/h5-13,19H,4,14-15H2,1-3H3/t19-,22+,23+,24-/m0/s1. The van der Waals surface area contributed by atoms with Gasteiger partial charge in [0.1, 0.15) is 6.17 Å². The minimum absolute atomic E-state index is 0.127. The van der Waals surface area contributed by atoms with Crippen LogP contribution in [0.5, 0.6) is 0 Å². The Morgan fingerprint density at radius 1 is 1.00 bits per heavy atom. The second-order valence-electron chi connectivity index (χ2n) is 9.56. The van der Waals surface area contributed by atoms with Crippen molar-refractivity contribution in [1.29, 1.82) is 0 Å². The summed E-state index contributed by atoms with van der Waals surface area (Å²) in [5.74, 6) is -0.333. The van der Waals surface area contributed by atoms with Crippen LogP contribution in [0.25, 0.3) is 0 Å². The average Bonchev–Trinajstić information content (AvgIpc) is 3.27. The molecule has 2 aromatic carbocycles. The zero-order valence-electron chi connectivity index (χ0n) is 19.1. The first-order chi connectivity index (χ1) is 16.1. The number of benzene rings is 2. The monoisotopic (exact) mass is 515 g/mol. The van der Waals surface area contributed by atoms with Crippen LogP contribution in [0.15, 0.2) is 59.5 Å². The van der Waals surface area contributed by atoms with Gasteiger partial charge in [-0.15, -0.1) is 0 Å². The summed E-state index contributed by atoms with van der Waals surface area (Å²) in [5.41, 5.74) is 0.813. The number of carbonyl (C=O) groups excluding carboxylic acids is 2. The summed E-state index contributed by atoms with van der Waals surface area (Å²) in [6, 6.07) is 15.9. The molecule has 0 aliphatic carbocycles. The molecule has 0 unspecified atom stereocenters. The Balaban J connectivity index is 1.65. The Bertz CT molecular complexity index is 1340. The second-order valence-corrected chi connectivity index (χ2v) is 14.2. The van der Waals surface area contributed by atoms with E-state index in [0.29, 0.717) is 18.5 Å². The molecule has 4 saturated heterocycles. The minimum atomic E-state index is -4.01. The maximum atomic E-state index is 14.2. The smallest absolute Gasteiger partial charge is 0.266 e. The fraction of sp³-hybridized carbons (Fsp3) is 0.417. The van der Waals surface area contributed by atoms with Crippen LogP contribution in [0.4, 0.5) is 5.69 Å².